The van der Waals surface area contributed by atoms with Crippen LogP contribution in [0.4, 0.5) is 0 Å². The Kier molecular flexibility index (Phi) is 6.18. The molecule has 252 valence electrons. The van der Waals surface area contributed by atoms with E-state index in [2.05, 4.69) is 118 Å². The number of furan rings is 1. The molecule has 4 aromatic heterocycles. The van der Waals surface area contributed by atoms with Crippen molar-refractivity contribution in [1.29, 1.82) is 0 Å². The molecule has 0 atom stereocenters. The topological polar surface area (TPSA) is 61.7 Å². The molecule has 1 aliphatic rings. The van der Waals surface area contributed by atoms with E-state index in [1.165, 1.54) is 37.2 Å². The number of fused-ring (bicyclic) bond motifs is 10. The van der Waals surface area contributed by atoms with Crippen molar-refractivity contribution in [3.05, 3.63) is 164 Å². The summed E-state index contributed by atoms with van der Waals surface area (Å²) in [7, 11) is 0. The van der Waals surface area contributed by atoms with Crippen molar-refractivity contribution in [3.8, 4) is 45.5 Å². The van der Waals surface area contributed by atoms with Gasteiger partial charge in [0.25, 0.3) is 0 Å². The van der Waals surface area contributed by atoms with E-state index in [0.717, 1.165) is 55.5 Å². The molecule has 0 bridgehead atoms. The van der Waals surface area contributed by atoms with Crippen molar-refractivity contribution in [2.45, 2.75) is 9.79 Å². The maximum atomic E-state index is 6.27. The van der Waals surface area contributed by atoms with Crippen LogP contribution in [0.3, 0.4) is 0 Å². The molecule has 0 amide bonds. The normalized spacial score (nSPS) is 12.4. The second kappa shape index (κ2) is 11.3. The van der Waals surface area contributed by atoms with Gasteiger partial charge in [0.1, 0.15) is 16.8 Å². The lowest BCUT2D eigenvalue weighted by atomic mass is 10.1. The van der Waals surface area contributed by atoms with Gasteiger partial charge in [-0.3, -0.25) is 9.13 Å². The number of nitrogens with zero attached hydrogens (tertiary/aromatic N) is 5. The molecular formula is C47H27N5OS. The van der Waals surface area contributed by atoms with Crippen LogP contribution in [0.1, 0.15) is 0 Å². The van der Waals surface area contributed by atoms with Crippen molar-refractivity contribution in [2.24, 2.45) is 0 Å². The van der Waals surface area contributed by atoms with Gasteiger partial charge in [-0.05, 0) is 54.6 Å². The molecule has 0 radical (unpaired) electrons. The average Bonchev–Trinajstić information content (AvgIpc) is 3.89. The third-order valence-electron chi connectivity index (χ3n) is 10.6. The van der Waals surface area contributed by atoms with E-state index < -0.39 is 0 Å². The Morgan fingerprint density at radius 1 is 0.444 bits per heavy atom. The molecule has 12 rings (SSSR count). The molecule has 0 saturated carbocycles. The quantitative estimate of drug-likeness (QED) is 0.182. The van der Waals surface area contributed by atoms with Crippen LogP contribution in [-0.2, 0) is 0 Å². The SMILES string of the molecule is c1ccc(-c2nc(-c3ccc4c(c3)oc3ccccc34)nc(-c3ccc4c5c6cccc7c6n(c5n(-c5ccccc5)c4c3)-c3ccccc3S7)n2)cc1. The highest BCUT2D eigenvalue weighted by molar-refractivity contribution is 7.99. The third kappa shape index (κ3) is 4.27. The van der Waals surface area contributed by atoms with Crippen molar-refractivity contribution in [1.82, 2.24) is 24.1 Å². The number of benzene rings is 7. The van der Waals surface area contributed by atoms with Crippen LogP contribution in [0.2, 0.25) is 0 Å². The molecule has 1 aliphatic heterocycles. The summed E-state index contributed by atoms with van der Waals surface area (Å²) in [6, 6.07) is 57.1. The number of rotatable bonds is 4. The molecule has 0 N–H and O–H groups in total. The lowest BCUT2D eigenvalue weighted by Gasteiger charge is -2.21. The van der Waals surface area contributed by atoms with Gasteiger partial charge >= 0.3 is 0 Å². The first kappa shape index (κ1) is 29.6. The van der Waals surface area contributed by atoms with Gasteiger partial charge in [0.15, 0.2) is 17.5 Å². The molecule has 7 aromatic carbocycles. The summed E-state index contributed by atoms with van der Waals surface area (Å²) in [6.07, 6.45) is 0. The summed E-state index contributed by atoms with van der Waals surface area (Å²) < 4.78 is 11.1. The van der Waals surface area contributed by atoms with Crippen molar-refractivity contribution >= 4 is 66.5 Å². The van der Waals surface area contributed by atoms with E-state index in [-0.39, 0.29) is 0 Å². The Bertz CT molecular complexity index is 3310. The van der Waals surface area contributed by atoms with E-state index in [1.807, 2.05) is 66.4 Å². The van der Waals surface area contributed by atoms with Crippen LogP contribution in [0.15, 0.2) is 178 Å². The zero-order valence-electron chi connectivity index (χ0n) is 28.6. The minimum atomic E-state index is 0.589. The maximum Gasteiger partial charge on any atom is 0.164 e. The number of para-hydroxylation sites is 4. The molecular weight excluding hydrogens is 683 g/mol. The van der Waals surface area contributed by atoms with E-state index in [4.69, 9.17) is 19.4 Å². The average molecular weight is 710 g/mol. The minimum Gasteiger partial charge on any atom is -0.456 e. The standard InChI is InChI=1S/C47H27N5OS/c1-3-12-28(13-4-1)44-48-45(50-46(49-44)30-22-24-33-32-16-7-9-19-38(32)53-39(33)27-30)29-23-25-34-37(26-29)51(31-14-5-2-6-15-31)47-42(34)35-17-11-21-41-43(35)52(47)36-18-8-10-20-40(36)54-41/h1-27H. The Labute approximate surface area is 313 Å². The minimum absolute atomic E-state index is 0.589. The van der Waals surface area contributed by atoms with Gasteiger partial charge in [0, 0.05) is 59.1 Å². The largest absolute Gasteiger partial charge is 0.456 e. The van der Waals surface area contributed by atoms with Gasteiger partial charge in [-0.2, -0.15) is 0 Å². The Morgan fingerprint density at radius 3 is 1.91 bits per heavy atom. The molecule has 54 heavy (non-hydrogen) atoms. The fourth-order valence-corrected chi connectivity index (χ4v) is 9.26. The number of hydrogen-bond acceptors (Lipinski definition) is 5. The van der Waals surface area contributed by atoms with Gasteiger partial charge in [-0.15, -0.1) is 0 Å². The Morgan fingerprint density at radius 2 is 1.07 bits per heavy atom. The van der Waals surface area contributed by atoms with E-state index in [1.54, 1.807) is 0 Å². The van der Waals surface area contributed by atoms with Gasteiger partial charge < -0.3 is 4.42 Å². The lowest BCUT2D eigenvalue weighted by Crippen LogP contribution is -2.05. The van der Waals surface area contributed by atoms with E-state index >= 15 is 0 Å². The smallest absolute Gasteiger partial charge is 0.164 e. The summed E-state index contributed by atoms with van der Waals surface area (Å²) >= 11 is 1.84. The Hall–Kier alpha value is -6.96. The molecule has 0 saturated heterocycles. The molecule has 6 nitrogen and oxygen atoms in total. The second-order valence-electron chi connectivity index (χ2n) is 13.6. The highest BCUT2D eigenvalue weighted by atomic mass is 32.2. The summed E-state index contributed by atoms with van der Waals surface area (Å²) in [6.45, 7) is 0. The highest BCUT2D eigenvalue weighted by Gasteiger charge is 2.28. The first-order chi connectivity index (χ1) is 26.8. The Balaban J connectivity index is 1.13. The highest BCUT2D eigenvalue weighted by Crippen LogP contribution is 2.49. The van der Waals surface area contributed by atoms with Crippen molar-refractivity contribution in [2.75, 3.05) is 0 Å². The summed E-state index contributed by atoms with van der Waals surface area (Å²) in [5.41, 5.74) is 10.1. The molecule has 7 heteroatoms. The van der Waals surface area contributed by atoms with Crippen LogP contribution in [0.25, 0.3) is 100 Å². The molecule has 11 aromatic rings. The summed E-state index contributed by atoms with van der Waals surface area (Å²) in [4.78, 5) is 17.8. The molecule has 0 spiro atoms. The second-order valence-corrected chi connectivity index (χ2v) is 14.7. The monoisotopic (exact) mass is 709 g/mol. The molecule has 5 heterocycles. The molecule has 0 aliphatic carbocycles. The molecule has 0 fully saturated rings. The zero-order valence-corrected chi connectivity index (χ0v) is 29.5. The van der Waals surface area contributed by atoms with Crippen LogP contribution in [0.5, 0.6) is 0 Å². The van der Waals surface area contributed by atoms with Gasteiger partial charge in [-0.1, -0.05) is 121 Å². The third-order valence-corrected chi connectivity index (χ3v) is 11.7. The summed E-state index contributed by atoms with van der Waals surface area (Å²) in [5.74, 6) is 1.81. The van der Waals surface area contributed by atoms with Gasteiger partial charge in [0.05, 0.1) is 16.7 Å². The first-order valence-corrected chi connectivity index (χ1v) is 18.8. The van der Waals surface area contributed by atoms with Crippen LogP contribution >= 0.6 is 11.8 Å². The van der Waals surface area contributed by atoms with Crippen molar-refractivity contribution in [3.63, 3.8) is 0 Å². The van der Waals surface area contributed by atoms with Crippen molar-refractivity contribution < 1.29 is 4.42 Å². The predicted octanol–water partition coefficient (Wildman–Crippen LogP) is 12.3. The molecule has 0 unspecified atom stereocenters. The first-order valence-electron chi connectivity index (χ1n) is 17.9. The predicted molar refractivity (Wildman–Crippen MR) is 219 cm³/mol. The number of hydrogen-bond donors (Lipinski definition) is 0. The fourth-order valence-electron chi connectivity index (χ4n) is 8.17. The van der Waals surface area contributed by atoms with Crippen LogP contribution in [0, 0.1) is 0 Å². The lowest BCUT2D eigenvalue weighted by molar-refractivity contribution is 0.669. The van der Waals surface area contributed by atoms with Gasteiger partial charge in [-0.25, -0.2) is 15.0 Å². The summed E-state index contributed by atoms with van der Waals surface area (Å²) in [5, 5.41) is 5.81. The maximum absolute atomic E-state index is 6.27. The van der Waals surface area contributed by atoms with Gasteiger partial charge in [0.2, 0.25) is 0 Å². The van der Waals surface area contributed by atoms with Crippen LogP contribution < -0.4 is 0 Å². The van der Waals surface area contributed by atoms with E-state index in [9.17, 15) is 0 Å². The number of aromatic nitrogens is 5. The fraction of sp³-hybridized carbons (Fsp3) is 0. The van der Waals surface area contributed by atoms with Crippen LogP contribution in [-0.4, -0.2) is 24.1 Å². The van der Waals surface area contributed by atoms with E-state index in [0.29, 0.717) is 17.5 Å². The zero-order chi connectivity index (χ0) is 35.3.